The Morgan fingerprint density at radius 1 is 1.53 bits per heavy atom. The van der Waals surface area contributed by atoms with Crippen molar-refractivity contribution in [3.8, 4) is 5.75 Å². The summed E-state index contributed by atoms with van der Waals surface area (Å²) in [4.78, 5) is 12.0. The molecule has 17 heavy (non-hydrogen) atoms. The minimum atomic E-state index is -0.152. The molecule has 2 unspecified atom stereocenters. The van der Waals surface area contributed by atoms with Gasteiger partial charge in [0.1, 0.15) is 5.75 Å². The standard InChI is InChI=1S/C13H17NO3/c1-8-10(4-3-5-12(8)15)13(16)14-11-6-7-17-9(11)2/h3-5,9,11,15H,6-7H2,1-2H3,(H,14,16). The Balaban J connectivity index is 2.12. The molecule has 1 fully saturated rings. The van der Waals surface area contributed by atoms with E-state index in [9.17, 15) is 9.90 Å². The Bertz CT molecular complexity index is 431. The van der Waals surface area contributed by atoms with Crippen LogP contribution < -0.4 is 5.32 Å². The van der Waals surface area contributed by atoms with E-state index in [1.165, 1.54) is 0 Å². The fraction of sp³-hybridized carbons (Fsp3) is 0.462. The van der Waals surface area contributed by atoms with Crippen molar-refractivity contribution in [3.05, 3.63) is 29.3 Å². The molecule has 1 amide bonds. The topological polar surface area (TPSA) is 58.6 Å². The molecule has 4 heteroatoms. The SMILES string of the molecule is Cc1c(O)cccc1C(=O)NC1CCOC1C. The van der Waals surface area contributed by atoms with Crippen molar-refractivity contribution >= 4 is 5.91 Å². The van der Waals surface area contributed by atoms with E-state index in [2.05, 4.69) is 5.32 Å². The van der Waals surface area contributed by atoms with Gasteiger partial charge in [-0.1, -0.05) is 6.07 Å². The van der Waals surface area contributed by atoms with Crippen molar-refractivity contribution in [1.82, 2.24) is 5.32 Å². The molecule has 2 rings (SSSR count). The largest absolute Gasteiger partial charge is 0.508 e. The van der Waals surface area contributed by atoms with Crippen LogP contribution >= 0.6 is 0 Å². The molecule has 1 aromatic rings. The molecule has 2 N–H and O–H groups in total. The first-order chi connectivity index (χ1) is 8.09. The van der Waals surface area contributed by atoms with Crippen molar-refractivity contribution in [3.63, 3.8) is 0 Å². The number of hydrogen-bond acceptors (Lipinski definition) is 3. The van der Waals surface area contributed by atoms with Gasteiger partial charge in [0.15, 0.2) is 0 Å². The Morgan fingerprint density at radius 2 is 2.29 bits per heavy atom. The summed E-state index contributed by atoms with van der Waals surface area (Å²) in [5.74, 6) is -0.00544. The van der Waals surface area contributed by atoms with Crippen LogP contribution in [0.15, 0.2) is 18.2 Å². The molecule has 0 spiro atoms. The minimum absolute atomic E-state index is 0.0524. The molecular weight excluding hydrogens is 218 g/mol. The smallest absolute Gasteiger partial charge is 0.251 e. The van der Waals surface area contributed by atoms with Gasteiger partial charge in [0.25, 0.3) is 5.91 Å². The quantitative estimate of drug-likeness (QED) is 0.818. The normalized spacial score (nSPS) is 23.6. The Morgan fingerprint density at radius 3 is 2.94 bits per heavy atom. The molecule has 1 aliphatic rings. The van der Waals surface area contributed by atoms with E-state index in [-0.39, 0.29) is 23.8 Å². The van der Waals surface area contributed by atoms with Crippen LogP contribution in [0.5, 0.6) is 5.75 Å². The first-order valence-corrected chi connectivity index (χ1v) is 5.80. The maximum Gasteiger partial charge on any atom is 0.251 e. The Kier molecular flexibility index (Phi) is 3.33. The number of benzene rings is 1. The van der Waals surface area contributed by atoms with Crippen LogP contribution in [0.2, 0.25) is 0 Å². The lowest BCUT2D eigenvalue weighted by molar-refractivity contribution is 0.0865. The number of nitrogens with one attached hydrogen (secondary N) is 1. The predicted molar refractivity (Wildman–Crippen MR) is 64.1 cm³/mol. The fourth-order valence-corrected chi connectivity index (χ4v) is 2.04. The third-order valence-corrected chi connectivity index (χ3v) is 3.24. The summed E-state index contributed by atoms with van der Waals surface area (Å²) in [6.07, 6.45) is 0.890. The molecule has 92 valence electrons. The molecule has 2 atom stereocenters. The summed E-state index contributed by atoms with van der Waals surface area (Å²) in [5, 5.41) is 12.5. The molecule has 0 aromatic heterocycles. The maximum absolute atomic E-state index is 12.0. The average molecular weight is 235 g/mol. The predicted octanol–water partition coefficient (Wildman–Crippen LogP) is 1.61. The highest BCUT2D eigenvalue weighted by molar-refractivity contribution is 5.96. The Labute approximate surface area is 101 Å². The van der Waals surface area contributed by atoms with Crippen LogP contribution in [0.3, 0.4) is 0 Å². The van der Waals surface area contributed by atoms with E-state index in [1.54, 1.807) is 25.1 Å². The fourth-order valence-electron chi connectivity index (χ4n) is 2.04. The third kappa shape index (κ3) is 2.42. The second kappa shape index (κ2) is 4.75. The number of phenols is 1. The monoisotopic (exact) mass is 235 g/mol. The number of rotatable bonds is 2. The van der Waals surface area contributed by atoms with Gasteiger partial charge in [-0.15, -0.1) is 0 Å². The van der Waals surface area contributed by atoms with Crippen molar-refractivity contribution < 1.29 is 14.6 Å². The van der Waals surface area contributed by atoms with Crippen LogP contribution in [-0.4, -0.2) is 29.8 Å². The van der Waals surface area contributed by atoms with Gasteiger partial charge in [-0.2, -0.15) is 0 Å². The molecule has 0 radical (unpaired) electrons. The van der Waals surface area contributed by atoms with Gasteiger partial charge >= 0.3 is 0 Å². The summed E-state index contributed by atoms with van der Waals surface area (Å²) in [5.41, 5.74) is 1.13. The van der Waals surface area contributed by atoms with Gasteiger partial charge in [-0.3, -0.25) is 4.79 Å². The summed E-state index contributed by atoms with van der Waals surface area (Å²) in [6, 6.07) is 5.02. The van der Waals surface area contributed by atoms with Crippen molar-refractivity contribution in [2.45, 2.75) is 32.4 Å². The van der Waals surface area contributed by atoms with E-state index in [0.717, 1.165) is 6.42 Å². The molecule has 0 saturated carbocycles. The zero-order valence-corrected chi connectivity index (χ0v) is 10.1. The average Bonchev–Trinajstić information content (AvgIpc) is 2.68. The van der Waals surface area contributed by atoms with Crippen molar-refractivity contribution in [2.75, 3.05) is 6.61 Å². The number of aromatic hydroxyl groups is 1. The van der Waals surface area contributed by atoms with E-state index >= 15 is 0 Å². The molecule has 1 saturated heterocycles. The van der Waals surface area contributed by atoms with Crippen molar-refractivity contribution in [1.29, 1.82) is 0 Å². The highest BCUT2D eigenvalue weighted by atomic mass is 16.5. The van der Waals surface area contributed by atoms with E-state index in [4.69, 9.17) is 4.74 Å². The van der Waals surface area contributed by atoms with Gasteiger partial charge < -0.3 is 15.2 Å². The minimum Gasteiger partial charge on any atom is -0.508 e. The number of hydrogen-bond donors (Lipinski definition) is 2. The zero-order chi connectivity index (χ0) is 12.4. The Hall–Kier alpha value is -1.55. The van der Waals surface area contributed by atoms with E-state index in [1.807, 2.05) is 6.92 Å². The number of phenolic OH excluding ortho intramolecular Hbond substituents is 1. The van der Waals surface area contributed by atoms with E-state index in [0.29, 0.717) is 17.7 Å². The van der Waals surface area contributed by atoms with Crippen LogP contribution in [0.1, 0.15) is 29.3 Å². The van der Waals surface area contributed by atoms with Crippen molar-refractivity contribution in [2.24, 2.45) is 0 Å². The number of ether oxygens (including phenoxy) is 1. The summed E-state index contributed by atoms with van der Waals surface area (Å²) >= 11 is 0. The van der Waals surface area contributed by atoms with Gasteiger partial charge in [0.05, 0.1) is 12.1 Å². The third-order valence-electron chi connectivity index (χ3n) is 3.24. The van der Waals surface area contributed by atoms with Gasteiger partial charge in [-0.05, 0) is 32.4 Å². The molecule has 4 nitrogen and oxygen atoms in total. The molecule has 1 heterocycles. The second-order valence-electron chi connectivity index (χ2n) is 4.39. The summed E-state index contributed by atoms with van der Waals surface area (Å²) in [7, 11) is 0. The second-order valence-corrected chi connectivity index (χ2v) is 4.39. The summed E-state index contributed by atoms with van der Waals surface area (Å²) < 4.78 is 5.39. The van der Waals surface area contributed by atoms with Gasteiger partial charge in [-0.25, -0.2) is 0 Å². The molecule has 1 aliphatic heterocycles. The zero-order valence-electron chi connectivity index (χ0n) is 10.1. The van der Waals surface area contributed by atoms with Gasteiger partial charge in [0, 0.05) is 17.7 Å². The molecule has 1 aromatic carbocycles. The first kappa shape index (κ1) is 11.9. The lowest BCUT2D eigenvalue weighted by Crippen LogP contribution is -2.39. The number of amides is 1. The number of carbonyl (C=O) groups excluding carboxylic acids is 1. The highest BCUT2D eigenvalue weighted by Crippen LogP contribution is 2.20. The molecule has 0 bridgehead atoms. The molecule has 0 aliphatic carbocycles. The summed E-state index contributed by atoms with van der Waals surface area (Å²) in [6.45, 7) is 4.37. The van der Waals surface area contributed by atoms with Crippen LogP contribution in [0.4, 0.5) is 0 Å². The molecular formula is C13H17NO3. The van der Waals surface area contributed by atoms with Crippen LogP contribution in [0, 0.1) is 6.92 Å². The lowest BCUT2D eigenvalue weighted by atomic mass is 10.1. The van der Waals surface area contributed by atoms with Gasteiger partial charge in [0.2, 0.25) is 0 Å². The number of carbonyl (C=O) groups is 1. The van der Waals surface area contributed by atoms with Crippen LogP contribution in [-0.2, 0) is 4.74 Å². The lowest BCUT2D eigenvalue weighted by Gasteiger charge is -2.17. The highest BCUT2D eigenvalue weighted by Gasteiger charge is 2.26. The maximum atomic E-state index is 12.0. The first-order valence-electron chi connectivity index (χ1n) is 5.80. The van der Waals surface area contributed by atoms with E-state index < -0.39 is 0 Å². The van der Waals surface area contributed by atoms with Crippen LogP contribution in [0.25, 0.3) is 0 Å².